The highest BCUT2D eigenvalue weighted by Crippen LogP contribution is 2.29. The van der Waals surface area contributed by atoms with Crippen molar-refractivity contribution in [2.75, 3.05) is 39.8 Å². The second-order valence-electron chi connectivity index (χ2n) is 6.99. The number of ether oxygens (including phenoxy) is 2. The van der Waals surface area contributed by atoms with Gasteiger partial charge < -0.3 is 14.8 Å². The van der Waals surface area contributed by atoms with Crippen LogP contribution in [0.4, 0.5) is 8.78 Å². The Kier molecular flexibility index (Phi) is 9.93. The molecule has 1 aliphatic rings. The van der Waals surface area contributed by atoms with Crippen LogP contribution < -0.4 is 14.8 Å². The summed E-state index contributed by atoms with van der Waals surface area (Å²) in [6.07, 6.45) is 6.99. The Balaban J connectivity index is 1.68. The molecule has 1 heterocycles. The number of hydrogen-bond acceptors (Lipinski definition) is 5. The van der Waals surface area contributed by atoms with Crippen molar-refractivity contribution in [2.24, 2.45) is 10.9 Å². The van der Waals surface area contributed by atoms with Gasteiger partial charge in [0.15, 0.2) is 11.5 Å². The van der Waals surface area contributed by atoms with E-state index in [0.717, 1.165) is 51.2 Å². The zero-order valence-electron chi connectivity index (χ0n) is 16.7. The molecular formula is C21H31F2N3O2. The Morgan fingerprint density at radius 2 is 2.00 bits per heavy atom. The van der Waals surface area contributed by atoms with Crippen LogP contribution in [0.3, 0.4) is 0 Å². The Bertz CT molecular complexity index is 630. The molecular weight excluding hydrogens is 364 g/mol. The van der Waals surface area contributed by atoms with Crippen LogP contribution in [-0.4, -0.2) is 57.1 Å². The summed E-state index contributed by atoms with van der Waals surface area (Å²) in [6.45, 7) is 3.52. The lowest BCUT2D eigenvalue weighted by molar-refractivity contribution is -0.0515. The van der Waals surface area contributed by atoms with Gasteiger partial charge in [-0.1, -0.05) is 18.2 Å². The molecule has 0 amide bonds. The summed E-state index contributed by atoms with van der Waals surface area (Å²) in [5.74, 6) is 1.05. The van der Waals surface area contributed by atoms with Gasteiger partial charge in [0.25, 0.3) is 0 Å². The Hall–Kier alpha value is -1.99. The maximum atomic E-state index is 12.4. The lowest BCUT2D eigenvalue weighted by Crippen LogP contribution is -2.37. The van der Waals surface area contributed by atoms with Crippen molar-refractivity contribution in [1.29, 1.82) is 0 Å². The number of para-hydroxylation sites is 2. The molecule has 1 aromatic rings. The van der Waals surface area contributed by atoms with E-state index < -0.39 is 6.61 Å². The van der Waals surface area contributed by atoms with Crippen molar-refractivity contribution in [3.05, 3.63) is 36.5 Å². The van der Waals surface area contributed by atoms with E-state index in [1.165, 1.54) is 6.07 Å². The second-order valence-corrected chi connectivity index (χ2v) is 6.99. The van der Waals surface area contributed by atoms with Crippen molar-refractivity contribution < 1.29 is 18.3 Å². The number of rotatable bonds is 11. The number of alkyl halides is 2. The SMILES string of the molecule is CNCC=CN=C(C)CN1CCC(CCOc2ccccc2OC(F)F)CC1. The highest BCUT2D eigenvalue weighted by molar-refractivity contribution is 5.84. The van der Waals surface area contributed by atoms with Crippen LogP contribution in [0.25, 0.3) is 0 Å². The largest absolute Gasteiger partial charge is 0.490 e. The number of benzene rings is 1. The fourth-order valence-corrected chi connectivity index (χ4v) is 3.25. The highest BCUT2D eigenvalue weighted by atomic mass is 19.3. The maximum absolute atomic E-state index is 12.4. The number of halogens is 2. The molecule has 28 heavy (non-hydrogen) atoms. The maximum Gasteiger partial charge on any atom is 0.387 e. The molecule has 0 atom stereocenters. The number of nitrogens with one attached hydrogen (secondary N) is 1. The fourth-order valence-electron chi connectivity index (χ4n) is 3.25. The zero-order chi connectivity index (χ0) is 20.2. The summed E-state index contributed by atoms with van der Waals surface area (Å²) in [5.41, 5.74) is 1.12. The molecule has 0 aromatic heterocycles. The first kappa shape index (κ1) is 22.3. The van der Waals surface area contributed by atoms with Gasteiger partial charge in [-0.05, 0) is 64.4 Å². The molecule has 156 valence electrons. The van der Waals surface area contributed by atoms with Crippen LogP contribution in [0.15, 0.2) is 41.5 Å². The highest BCUT2D eigenvalue weighted by Gasteiger charge is 2.19. The van der Waals surface area contributed by atoms with Gasteiger partial charge in [-0.3, -0.25) is 9.89 Å². The van der Waals surface area contributed by atoms with Crippen molar-refractivity contribution in [1.82, 2.24) is 10.2 Å². The molecule has 0 aliphatic carbocycles. The minimum Gasteiger partial charge on any atom is -0.490 e. The van der Waals surface area contributed by atoms with Gasteiger partial charge in [-0.15, -0.1) is 0 Å². The van der Waals surface area contributed by atoms with Gasteiger partial charge in [0, 0.05) is 25.0 Å². The van der Waals surface area contributed by atoms with Crippen molar-refractivity contribution in [2.45, 2.75) is 32.8 Å². The number of nitrogens with zero attached hydrogens (tertiary/aromatic N) is 2. The quantitative estimate of drug-likeness (QED) is 0.576. The molecule has 1 aromatic carbocycles. The third kappa shape index (κ3) is 8.35. The average molecular weight is 395 g/mol. The van der Waals surface area contributed by atoms with Crippen LogP contribution in [0.2, 0.25) is 0 Å². The van der Waals surface area contributed by atoms with Gasteiger partial charge in [-0.2, -0.15) is 8.78 Å². The lowest BCUT2D eigenvalue weighted by atomic mass is 9.94. The summed E-state index contributed by atoms with van der Waals surface area (Å²) < 4.78 is 35.1. The van der Waals surface area contributed by atoms with Gasteiger partial charge in [0.2, 0.25) is 0 Å². The zero-order valence-corrected chi connectivity index (χ0v) is 16.7. The molecule has 0 saturated carbocycles. The first-order valence-corrected chi connectivity index (χ1v) is 9.80. The third-order valence-corrected chi connectivity index (χ3v) is 4.73. The van der Waals surface area contributed by atoms with Crippen molar-refractivity contribution in [3.8, 4) is 11.5 Å². The molecule has 7 heteroatoms. The first-order chi connectivity index (χ1) is 13.6. The third-order valence-electron chi connectivity index (χ3n) is 4.73. The second kappa shape index (κ2) is 12.5. The molecule has 0 spiro atoms. The van der Waals surface area contributed by atoms with E-state index in [1.54, 1.807) is 18.2 Å². The van der Waals surface area contributed by atoms with Gasteiger partial charge in [0.05, 0.1) is 6.61 Å². The molecule has 0 bridgehead atoms. The van der Waals surface area contributed by atoms with E-state index in [4.69, 9.17) is 4.74 Å². The van der Waals surface area contributed by atoms with E-state index in [-0.39, 0.29) is 5.75 Å². The number of aliphatic imine (C=N–C) groups is 1. The number of hydrogen-bond donors (Lipinski definition) is 1. The van der Waals surface area contributed by atoms with Crippen LogP contribution in [0.5, 0.6) is 11.5 Å². The van der Waals surface area contributed by atoms with Gasteiger partial charge >= 0.3 is 6.61 Å². The fraction of sp³-hybridized carbons (Fsp3) is 0.571. The van der Waals surface area contributed by atoms with Crippen LogP contribution in [-0.2, 0) is 0 Å². The molecule has 1 fully saturated rings. The number of piperidine rings is 1. The number of likely N-dealkylation sites (tertiary alicyclic amines) is 1. The first-order valence-electron chi connectivity index (χ1n) is 9.80. The molecule has 0 radical (unpaired) electrons. The minimum atomic E-state index is -2.85. The van der Waals surface area contributed by atoms with Crippen molar-refractivity contribution in [3.63, 3.8) is 0 Å². The minimum absolute atomic E-state index is 0.0887. The Morgan fingerprint density at radius 1 is 1.29 bits per heavy atom. The molecule has 1 saturated heterocycles. The predicted molar refractivity (Wildman–Crippen MR) is 109 cm³/mol. The van der Waals surface area contributed by atoms with E-state index in [1.807, 2.05) is 19.3 Å². The topological polar surface area (TPSA) is 46.1 Å². The van der Waals surface area contributed by atoms with Crippen LogP contribution >= 0.6 is 0 Å². The molecule has 5 nitrogen and oxygen atoms in total. The molecule has 1 N–H and O–H groups in total. The smallest absolute Gasteiger partial charge is 0.387 e. The number of likely N-dealkylation sites (N-methyl/N-ethyl adjacent to an activating group) is 1. The van der Waals surface area contributed by atoms with E-state index >= 15 is 0 Å². The van der Waals surface area contributed by atoms with E-state index in [0.29, 0.717) is 18.3 Å². The Morgan fingerprint density at radius 3 is 2.68 bits per heavy atom. The molecule has 1 aliphatic heterocycles. The van der Waals surface area contributed by atoms with E-state index in [9.17, 15) is 8.78 Å². The lowest BCUT2D eigenvalue weighted by Gasteiger charge is -2.31. The van der Waals surface area contributed by atoms with Crippen LogP contribution in [0, 0.1) is 5.92 Å². The molecule has 2 rings (SSSR count). The summed E-state index contributed by atoms with van der Waals surface area (Å²) in [6, 6.07) is 6.57. The van der Waals surface area contributed by atoms with E-state index in [2.05, 4.69) is 26.9 Å². The standard InChI is InChI=1S/C21H31F2N3O2/c1-17(25-12-5-11-24-2)16-26-13-8-18(9-14-26)10-15-27-19-6-3-4-7-20(19)28-21(22)23/h3-7,12,18,21,24H,8-11,13-16H2,1-2H3. The Labute approximate surface area is 166 Å². The van der Waals surface area contributed by atoms with Gasteiger partial charge in [0.1, 0.15) is 0 Å². The van der Waals surface area contributed by atoms with Crippen molar-refractivity contribution >= 4 is 5.71 Å². The summed E-state index contributed by atoms with van der Waals surface area (Å²) in [5, 5.41) is 3.05. The predicted octanol–water partition coefficient (Wildman–Crippen LogP) is 3.96. The summed E-state index contributed by atoms with van der Waals surface area (Å²) in [7, 11) is 1.91. The molecule has 0 unspecified atom stereocenters. The average Bonchev–Trinajstić information content (AvgIpc) is 2.67. The summed E-state index contributed by atoms with van der Waals surface area (Å²) in [4.78, 5) is 6.88. The van der Waals surface area contributed by atoms with Crippen LogP contribution in [0.1, 0.15) is 26.2 Å². The normalized spacial score (nSPS) is 16.8. The monoisotopic (exact) mass is 395 g/mol. The van der Waals surface area contributed by atoms with Gasteiger partial charge in [-0.25, -0.2) is 0 Å². The summed E-state index contributed by atoms with van der Waals surface area (Å²) >= 11 is 0.